The second-order valence-electron chi connectivity index (χ2n) is 6.13. The molecule has 1 aliphatic rings. The van der Waals surface area contributed by atoms with Gasteiger partial charge in [-0.1, -0.05) is 24.3 Å². The molecule has 3 aromatic rings. The maximum absolute atomic E-state index is 12.5. The number of benzene rings is 1. The first-order chi connectivity index (χ1) is 12.3. The molecule has 2 heterocycles. The lowest BCUT2D eigenvalue weighted by molar-refractivity contribution is 0.239. The molecule has 25 heavy (non-hydrogen) atoms. The molecule has 0 fully saturated rings. The van der Waals surface area contributed by atoms with Gasteiger partial charge in [-0.25, -0.2) is 9.78 Å². The molecule has 2 unspecified atom stereocenters. The van der Waals surface area contributed by atoms with Crippen molar-refractivity contribution in [3.63, 3.8) is 0 Å². The van der Waals surface area contributed by atoms with E-state index in [1.54, 1.807) is 24.7 Å². The van der Waals surface area contributed by atoms with E-state index in [9.17, 15) is 4.79 Å². The zero-order chi connectivity index (χ0) is 17.1. The Bertz CT molecular complexity index is 847. The third-order valence-corrected chi connectivity index (χ3v) is 4.60. The summed E-state index contributed by atoms with van der Waals surface area (Å²) in [6, 6.07) is 11.7. The average molecular weight is 333 g/mol. The molecule has 0 aliphatic heterocycles. The number of urea groups is 1. The van der Waals surface area contributed by atoms with E-state index < -0.39 is 0 Å². The first-order valence-electron chi connectivity index (χ1n) is 8.34. The van der Waals surface area contributed by atoms with Gasteiger partial charge in [-0.2, -0.15) is 0 Å². The molecule has 2 N–H and O–H groups in total. The van der Waals surface area contributed by atoms with E-state index in [4.69, 9.17) is 0 Å². The van der Waals surface area contributed by atoms with Crippen LogP contribution in [0.1, 0.15) is 29.6 Å². The van der Waals surface area contributed by atoms with Gasteiger partial charge in [0.25, 0.3) is 0 Å². The number of amides is 2. The zero-order valence-corrected chi connectivity index (χ0v) is 13.7. The number of rotatable bonds is 3. The summed E-state index contributed by atoms with van der Waals surface area (Å²) < 4.78 is 2.07. The number of anilines is 1. The van der Waals surface area contributed by atoms with E-state index in [1.165, 1.54) is 5.56 Å². The number of carbonyl (C=O) groups excluding carboxylic acids is 1. The monoisotopic (exact) mass is 333 g/mol. The van der Waals surface area contributed by atoms with Gasteiger partial charge in [0.05, 0.1) is 30.3 Å². The van der Waals surface area contributed by atoms with E-state index in [2.05, 4.69) is 37.3 Å². The molecule has 2 amide bonds. The first-order valence-corrected chi connectivity index (χ1v) is 8.34. The van der Waals surface area contributed by atoms with Crippen molar-refractivity contribution in [1.29, 1.82) is 0 Å². The Labute approximate surface area is 145 Å². The van der Waals surface area contributed by atoms with Crippen LogP contribution in [0.3, 0.4) is 0 Å². The van der Waals surface area contributed by atoms with Crippen LogP contribution in [0, 0.1) is 0 Å². The third-order valence-electron chi connectivity index (χ3n) is 4.60. The summed E-state index contributed by atoms with van der Waals surface area (Å²) in [5.74, 6) is 0. The maximum atomic E-state index is 12.5. The fourth-order valence-corrected chi connectivity index (χ4v) is 3.45. The van der Waals surface area contributed by atoms with Crippen LogP contribution >= 0.6 is 0 Å². The van der Waals surface area contributed by atoms with Crippen molar-refractivity contribution in [3.8, 4) is 0 Å². The summed E-state index contributed by atoms with van der Waals surface area (Å²) in [5.41, 5.74) is 3.11. The van der Waals surface area contributed by atoms with Gasteiger partial charge >= 0.3 is 6.03 Å². The van der Waals surface area contributed by atoms with Crippen LogP contribution in [0.4, 0.5) is 10.5 Å². The van der Waals surface area contributed by atoms with Crippen LogP contribution in [0.25, 0.3) is 0 Å². The quantitative estimate of drug-likeness (QED) is 0.772. The van der Waals surface area contributed by atoms with Crippen molar-refractivity contribution in [1.82, 2.24) is 19.9 Å². The van der Waals surface area contributed by atoms with Crippen molar-refractivity contribution in [2.75, 3.05) is 5.32 Å². The summed E-state index contributed by atoms with van der Waals surface area (Å²) in [6.07, 6.45) is 10.8. The van der Waals surface area contributed by atoms with Crippen LogP contribution in [0.15, 0.2) is 67.5 Å². The summed E-state index contributed by atoms with van der Waals surface area (Å²) in [6.45, 7) is 0. The van der Waals surface area contributed by atoms with E-state index in [1.807, 2.05) is 30.7 Å². The Morgan fingerprint density at radius 1 is 1.12 bits per heavy atom. The molecule has 4 rings (SSSR count). The first kappa shape index (κ1) is 15.4. The van der Waals surface area contributed by atoms with Crippen molar-refractivity contribution in [2.24, 2.45) is 0 Å². The van der Waals surface area contributed by atoms with Crippen molar-refractivity contribution >= 4 is 11.7 Å². The Kier molecular flexibility index (Phi) is 4.16. The molecule has 2 atom stereocenters. The van der Waals surface area contributed by atoms with Gasteiger partial charge in [-0.3, -0.25) is 4.98 Å². The fourth-order valence-electron chi connectivity index (χ4n) is 3.45. The van der Waals surface area contributed by atoms with Crippen molar-refractivity contribution in [2.45, 2.75) is 24.9 Å². The van der Waals surface area contributed by atoms with Crippen LogP contribution in [0.2, 0.25) is 0 Å². The number of hydrogen-bond acceptors (Lipinski definition) is 3. The second kappa shape index (κ2) is 6.76. The molecule has 0 saturated carbocycles. The van der Waals surface area contributed by atoms with Gasteiger partial charge in [0.2, 0.25) is 0 Å². The second-order valence-corrected chi connectivity index (χ2v) is 6.13. The van der Waals surface area contributed by atoms with Crippen LogP contribution in [-0.4, -0.2) is 20.6 Å². The minimum Gasteiger partial charge on any atom is -0.332 e. The lowest BCUT2D eigenvalue weighted by Gasteiger charge is -2.35. The molecular weight excluding hydrogens is 314 g/mol. The van der Waals surface area contributed by atoms with Crippen LogP contribution in [0.5, 0.6) is 0 Å². The Morgan fingerprint density at radius 3 is 2.84 bits per heavy atom. The topological polar surface area (TPSA) is 71.8 Å². The van der Waals surface area contributed by atoms with E-state index >= 15 is 0 Å². The van der Waals surface area contributed by atoms with Gasteiger partial charge in [0.15, 0.2) is 0 Å². The minimum absolute atomic E-state index is 0.115. The van der Waals surface area contributed by atoms with Gasteiger partial charge in [0.1, 0.15) is 0 Å². The van der Waals surface area contributed by atoms with E-state index in [-0.39, 0.29) is 18.1 Å². The molecule has 6 nitrogen and oxygen atoms in total. The fraction of sp³-hybridized carbons (Fsp3) is 0.211. The van der Waals surface area contributed by atoms with E-state index in [0.717, 1.165) is 18.4 Å². The van der Waals surface area contributed by atoms with Gasteiger partial charge in [0, 0.05) is 18.6 Å². The number of fused-ring (bicyclic) bond motifs is 1. The highest BCUT2D eigenvalue weighted by Gasteiger charge is 2.31. The molecule has 2 aromatic heterocycles. The van der Waals surface area contributed by atoms with Gasteiger partial charge < -0.3 is 15.2 Å². The smallest absolute Gasteiger partial charge is 0.319 e. The lowest BCUT2D eigenvalue weighted by Crippen LogP contribution is -2.39. The zero-order valence-electron chi connectivity index (χ0n) is 13.7. The SMILES string of the molecule is O=C(Nc1cccnc1)NC1c2ccccc2CCC1n1ccnc1. The number of aryl methyl sites for hydroxylation is 1. The largest absolute Gasteiger partial charge is 0.332 e. The summed E-state index contributed by atoms with van der Waals surface area (Å²) in [5, 5.41) is 5.98. The third kappa shape index (κ3) is 3.24. The number of pyridine rings is 1. The minimum atomic E-state index is -0.236. The molecule has 6 heteroatoms. The molecule has 1 aliphatic carbocycles. The predicted molar refractivity (Wildman–Crippen MR) is 95.2 cm³/mol. The highest BCUT2D eigenvalue weighted by molar-refractivity contribution is 5.89. The number of nitrogens with one attached hydrogen (secondary N) is 2. The number of hydrogen-bond donors (Lipinski definition) is 2. The molecule has 0 bridgehead atoms. The number of aromatic nitrogens is 3. The lowest BCUT2D eigenvalue weighted by atomic mass is 9.84. The molecule has 0 radical (unpaired) electrons. The standard InChI is InChI=1S/C19H19N5O/c25-19(22-15-5-3-9-20-12-15)23-18-16-6-2-1-4-14(16)7-8-17(18)24-11-10-21-13-24/h1-6,9-13,17-18H,7-8H2,(H2,22,23,25). The average Bonchev–Trinajstić information content (AvgIpc) is 3.17. The molecule has 0 spiro atoms. The Balaban J connectivity index is 1.60. The summed E-state index contributed by atoms with van der Waals surface area (Å²) in [7, 11) is 0. The van der Waals surface area contributed by atoms with Crippen molar-refractivity contribution < 1.29 is 4.79 Å². The Hall–Kier alpha value is -3.15. The predicted octanol–water partition coefficient (Wildman–Crippen LogP) is 3.33. The molecular formula is C19H19N5O. The van der Waals surface area contributed by atoms with Crippen molar-refractivity contribution in [3.05, 3.63) is 78.6 Å². The van der Waals surface area contributed by atoms with Gasteiger partial charge in [-0.05, 0) is 36.1 Å². The van der Waals surface area contributed by atoms with Crippen LogP contribution in [-0.2, 0) is 6.42 Å². The summed E-state index contributed by atoms with van der Waals surface area (Å²) in [4.78, 5) is 20.7. The number of imidazole rings is 1. The molecule has 126 valence electrons. The maximum Gasteiger partial charge on any atom is 0.319 e. The van der Waals surface area contributed by atoms with Crippen LogP contribution < -0.4 is 10.6 Å². The highest BCUT2D eigenvalue weighted by Crippen LogP contribution is 2.37. The number of nitrogens with zero attached hydrogens (tertiary/aromatic N) is 3. The number of carbonyl (C=O) groups is 1. The highest BCUT2D eigenvalue weighted by atomic mass is 16.2. The van der Waals surface area contributed by atoms with Gasteiger partial charge in [-0.15, -0.1) is 0 Å². The van der Waals surface area contributed by atoms with E-state index in [0.29, 0.717) is 5.69 Å². The normalized spacial score (nSPS) is 19.0. The summed E-state index contributed by atoms with van der Waals surface area (Å²) >= 11 is 0. The molecule has 1 aromatic carbocycles. The Morgan fingerprint density at radius 2 is 2.04 bits per heavy atom. The molecule has 0 saturated heterocycles.